The van der Waals surface area contributed by atoms with Gasteiger partial charge in [0.15, 0.2) is 0 Å². The Hall–Kier alpha value is -2.39. The fourth-order valence-electron chi connectivity index (χ4n) is 3.31. The predicted octanol–water partition coefficient (Wildman–Crippen LogP) is 2.81. The van der Waals surface area contributed by atoms with Crippen LogP contribution in [0.25, 0.3) is 0 Å². The molecule has 0 aliphatic carbocycles. The van der Waals surface area contributed by atoms with E-state index < -0.39 is 28.5 Å². The fraction of sp³-hybridized carbons (Fsp3) is 0.364. The van der Waals surface area contributed by atoms with E-state index in [1.165, 1.54) is 11.9 Å². The Bertz CT molecular complexity index is 999. The molecule has 7 nitrogen and oxygen atoms in total. The molecule has 2 rings (SSSR count). The second kappa shape index (κ2) is 11.3. The first kappa shape index (κ1) is 24.9. The van der Waals surface area contributed by atoms with Crippen LogP contribution in [0.5, 0.6) is 0 Å². The number of benzene rings is 2. The van der Waals surface area contributed by atoms with Crippen LogP contribution in [0, 0.1) is 0 Å². The summed E-state index contributed by atoms with van der Waals surface area (Å²) in [5, 5.41) is 2.60. The first-order chi connectivity index (χ1) is 14.7. The Morgan fingerprint density at radius 2 is 1.68 bits per heavy atom. The van der Waals surface area contributed by atoms with Gasteiger partial charge in [0.25, 0.3) is 0 Å². The highest BCUT2D eigenvalue weighted by atomic mass is 79.9. The Kier molecular flexibility index (Phi) is 9.06. The first-order valence-electron chi connectivity index (χ1n) is 9.96. The molecule has 9 heteroatoms. The summed E-state index contributed by atoms with van der Waals surface area (Å²) in [4.78, 5) is 27.3. The van der Waals surface area contributed by atoms with Gasteiger partial charge >= 0.3 is 0 Å². The number of sulfonamides is 1. The molecule has 0 fully saturated rings. The van der Waals surface area contributed by atoms with Crippen molar-refractivity contribution in [3.05, 3.63) is 64.6 Å². The van der Waals surface area contributed by atoms with E-state index in [0.717, 1.165) is 16.1 Å². The van der Waals surface area contributed by atoms with Gasteiger partial charge in [-0.25, -0.2) is 8.42 Å². The topological polar surface area (TPSA) is 86.8 Å². The number of rotatable bonds is 10. The lowest BCUT2D eigenvalue weighted by Crippen LogP contribution is -2.52. The summed E-state index contributed by atoms with van der Waals surface area (Å²) in [6.45, 7) is 1.72. The van der Waals surface area contributed by atoms with Gasteiger partial charge < -0.3 is 10.2 Å². The molecule has 0 heterocycles. The van der Waals surface area contributed by atoms with Gasteiger partial charge in [-0.1, -0.05) is 49.4 Å². The van der Waals surface area contributed by atoms with Crippen molar-refractivity contribution < 1.29 is 18.0 Å². The zero-order valence-electron chi connectivity index (χ0n) is 17.9. The van der Waals surface area contributed by atoms with Crippen molar-refractivity contribution in [2.75, 3.05) is 30.7 Å². The molecule has 2 aromatic rings. The molecule has 2 amide bonds. The van der Waals surface area contributed by atoms with E-state index in [1.54, 1.807) is 24.3 Å². The van der Waals surface area contributed by atoms with Crippen molar-refractivity contribution >= 4 is 43.5 Å². The smallest absolute Gasteiger partial charge is 0.244 e. The van der Waals surface area contributed by atoms with Crippen LogP contribution < -0.4 is 9.62 Å². The quantitative estimate of drug-likeness (QED) is 0.533. The number of hydrogen-bond acceptors (Lipinski definition) is 4. The molecule has 0 aliphatic rings. The number of likely N-dealkylation sites (N-methyl/N-ethyl adjacent to an activating group) is 1. The number of halogens is 1. The van der Waals surface area contributed by atoms with Gasteiger partial charge in [-0.05, 0) is 46.5 Å². The van der Waals surface area contributed by atoms with E-state index >= 15 is 0 Å². The number of carbonyl (C=O) groups is 2. The zero-order valence-corrected chi connectivity index (χ0v) is 20.3. The maximum absolute atomic E-state index is 13.4. The minimum absolute atomic E-state index is 0.282. The summed E-state index contributed by atoms with van der Waals surface area (Å²) in [6.07, 6.45) is 2.02. The highest BCUT2D eigenvalue weighted by Gasteiger charge is 2.31. The normalized spacial score (nSPS) is 12.1. The van der Waals surface area contributed by atoms with E-state index in [0.29, 0.717) is 29.5 Å². The average molecular weight is 510 g/mol. The summed E-state index contributed by atoms with van der Waals surface area (Å²) in [6, 6.07) is 15.8. The molecular weight excluding hydrogens is 482 g/mol. The molecule has 31 heavy (non-hydrogen) atoms. The largest absolute Gasteiger partial charge is 0.357 e. The Labute approximate surface area is 192 Å². The molecule has 2 aromatic carbocycles. The van der Waals surface area contributed by atoms with Crippen LogP contribution in [0.4, 0.5) is 5.69 Å². The molecule has 0 bridgehead atoms. The third kappa shape index (κ3) is 6.80. The number of hydrogen-bond donors (Lipinski definition) is 1. The lowest BCUT2D eigenvalue weighted by molar-refractivity contribution is -0.139. The molecule has 168 valence electrons. The number of nitrogens with zero attached hydrogens (tertiary/aromatic N) is 2. The highest BCUT2D eigenvalue weighted by molar-refractivity contribution is 9.10. The molecule has 0 saturated heterocycles. The van der Waals surface area contributed by atoms with Crippen molar-refractivity contribution in [3.8, 4) is 0 Å². The first-order valence-corrected chi connectivity index (χ1v) is 12.6. The predicted molar refractivity (Wildman–Crippen MR) is 126 cm³/mol. The number of nitrogens with one attached hydrogen (secondary N) is 1. The van der Waals surface area contributed by atoms with Crippen LogP contribution >= 0.6 is 15.9 Å². The summed E-state index contributed by atoms with van der Waals surface area (Å²) in [5.41, 5.74) is 1.40. The van der Waals surface area contributed by atoms with Gasteiger partial charge in [0.2, 0.25) is 21.8 Å². The molecule has 1 N–H and O–H groups in total. The van der Waals surface area contributed by atoms with Crippen molar-refractivity contribution in [1.82, 2.24) is 10.2 Å². The molecule has 1 atom stereocenters. The van der Waals surface area contributed by atoms with Crippen LogP contribution in [-0.2, 0) is 26.0 Å². The monoisotopic (exact) mass is 509 g/mol. The number of anilines is 1. The van der Waals surface area contributed by atoms with Crippen LogP contribution in [0.2, 0.25) is 0 Å². The summed E-state index contributed by atoms with van der Waals surface area (Å²) >= 11 is 3.36. The molecule has 0 aromatic heterocycles. The van der Waals surface area contributed by atoms with Crippen molar-refractivity contribution in [3.63, 3.8) is 0 Å². The maximum atomic E-state index is 13.4. The van der Waals surface area contributed by atoms with E-state index in [-0.39, 0.29) is 5.91 Å². The number of amides is 2. The van der Waals surface area contributed by atoms with Gasteiger partial charge in [-0.3, -0.25) is 13.9 Å². The Morgan fingerprint density at radius 1 is 1.06 bits per heavy atom. The van der Waals surface area contributed by atoms with E-state index in [1.807, 2.05) is 37.3 Å². The fourth-order valence-corrected chi connectivity index (χ4v) is 4.79. The Morgan fingerprint density at radius 3 is 2.23 bits per heavy atom. The third-order valence-electron chi connectivity index (χ3n) is 4.92. The minimum Gasteiger partial charge on any atom is -0.357 e. The van der Waals surface area contributed by atoms with Crippen molar-refractivity contribution in [2.45, 2.75) is 25.8 Å². The molecule has 0 aliphatic heterocycles. The maximum Gasteiger partial charge on any atom is 0.244 e. The van der Waals surface area contributed by atoms with E-state index in [2.05, 4.69) is 21.2 Å². The second-order valence-electron chi connectivity index (χ2n) is 7.08. The van der Waals surface area contributed by atoms with Crippen molar-refractivity contribution in [1.29, 1.82) is 0 Å². The van der Waals surface area contributed by atoms with E-state index in [9.17, 15) is 18.0 Å². The van der Waals surface area contributed by atoms with Crippen LogP contribution in [0.3, 0.4) is 0 Å². The molecule has 0 spiro atoms. The molecule has 1 unspecified atom stereocenters. The number of carbonyl (C=O) groups excluding carboxylic acids is 2. The molecular formula is C22H28BrN3O4S. The van der Waals surface area contributed by atoms with Crippen LogP contribution in [0.15, 0.2) is 59.1 Å². The van der Waals surface area contributed by atoms with Crippen molar-refractivity contribution in [2.24, 2.45) is 0 Å². The van der Waals surface area contributed by atoms with E-state index in [4.69, 9.17) is 0 Å². The Balaban J connectivity index is 2.35. The molecule has 0 radical (unpaired) electrons. The van der Waals surface area contributed by atoms with Gasteiger partial charge in [-0.15, -0.1) is 0 Å². The van der Waals surface area contributed by atoms with Crippen LogP contribution in [-0.4, -0.2) is 57.6 Å². The summed E-state index contributed by atoms with van der Waals surface area (Å²) in [5.74, 6) is -0.719. The van der Waals surface area contributed by atoms with Crippen LogP contribution in [0.1, 0.15) is 18.9 Å². The highest BCUT2D eigenvalue weighted by Crippen LogP contribution is 2.27. The lowest BCUT2D eigenvalue weighted by Gasteiger charge is -2.32. The molecule has 0 saturated carbocycles. The second-order valence-corrected chi connectivity index (χ2v) is 9.84. The van der Waals surface area contributed by atoms with Gasteiger partial charge in [-0.2, -0.15) is 0 Å². The third-order valence-corrected chi connectivity index (χ3v) is 6.71. The summed E-state index contributed by atoms with van der Waals surface area (Å²) < 4.78 is 26.6. The average Bonchev–Trinajstić information content (AvgIpc) is 2.75. The van der Waals surface area contributed by atoms with Gasteiger partial charge in [0.05, 0.1) is 11.9 Å². The lowest BCUT2D eigenvalue weighted by atomic mass is 10.1. The van der Waals surface area contributed by atoms with Gasteiger partial charge in [0.1, 0.15) is 12.6 Å². The standard InChI is InChI=1S/C22H28BrN3O4S/c1-4-19(22(28)24-2)25(15-14-17-10-6-5-7-11-17)21(27)16-26(31(3,29)30)20-13-9-8-12-18(20)23/h5-13,19H,4,14-16H2,1-3H3,(H,24,28). The van der Waals surface area contributed by atoms with Gasteiger partial charge in [0, 0.05) is 18.1 Å². The SMILES string of the molecule is CCC(C(=O)NC)N(CCc1ccccc1)C(=O)CN(c1ccccc1Br)S(C)(=O)=O. The minimum atomic E-state index is -3.74. The zero-order chi connectivity index (χ0) is 23.0. The number of para-hydroxylation sites is 1. The summed E-state index contributed by atoms with van der Waals surface area (Å²) in [7, 11) is -2.22.